The Kier molecular flexibility index (Phi) is 5.54. The summed E-state index contributed by atoms with van der Waals surface area (Å²) in [6.45, 7) is 1.75. The number of halogens is 2. The molecule has 0 aliphatic carbocycles. The maximum atomic E-state index is 11.5. The lowest BCUT2D eigenvalue weighted by molar-refractivity contribution is -0.119. The topological polar surface area (TPSA) is 54.0 Å². The standard InChI is InChI=1S/C17H13Cl2N3OS2/c1-2-14(23)21-17(24)22-15-10(7-9(18)8-11(15)19)16-20-12-5-3-4-6-13(12)25-16/h3-8H,2H2,1H3,(H2,21,22,23,24). The molecule has 0 aliphatic heterocycles. The molecule has 4 nitrogen and oxygen atoms in total. The molecule has 1 aromatic heterocycles. The van der Waals surface area contributed by atoms with Crippen molar-refractivity contribution in [1.82, 2.24) is 10.3 Å². The molecule has 0 bridgehead atoms. The van der Waals surface area contributed by atoms with Gasteiger partial charge in [-0.25, -0.2) is 4.98 Å². The Morgan fingerprint density at radius 3 is 2.76 bits per heavy atom. The number of carbonyl (C=O) groups is 1. The van der Waals surface area contributed by atoms with Crippen LogP contribution in [-0.4, -0.2) is 16.0 Å². The average Bonchev–Trinajstić information content (AvgIpc) is 3.00. The Hall–Kier alpha value is -1.73. The van der Waals surface area contributed by atoms with E-state index in [9.17, 15) is 4.79 Å². The molecule has 0 aliphatic rings. The SMILES string of the molecule is CCC(=O)NC(=S)Nc1c(Cl)cc(Cl)cc1-c1nc2ccccc2s1. The lowest BCUT2D eigenvalue weighted by Crippen LogP contribution is -2.33. The summed E-state index contributed by atoms with van der Waals surface area (Å²) in [6.07, 6.45) is 0.334. The number of anilines is 1. The number of benzene rings is 2. The van der Waals surface area contributed by atoms with E-state index in [0.717, 1.165) is 20.8 Å². The second kappa shape index (κ2) is 7.66. The van der Waals surface area contributed by atoms with E-state index in [-0.39, 0.29) is 11.0 Å². The Morgan fingerprint density at radius 2 is 2.04 bits per heavy atom. The number of nitrogens with one attached hydrogen (secondary N) is 2. The number of thiazole rings is 1. The zero-order valence-corrected chi connectivity index (χ0v) is 16.2. The number of nitrogens with zero attached hydrogens (tertiary/aromatic N) is 1. The maximum Gasteiger partial charge on any atom is 0.225 e. The van der Waals surface area contributed by atoms with Crippen LogP contribution in [0.4, 0.5) is 5.69 Å². The molecular formula is C17H13Cl2N3OS2. The van der Waals surface area contributed by atoms with E-state index in [1.165, 1.54) is 11.3 Å². The number of aromatic nitrogens is 1. The smallest absolute Gasteiger partial charge is 0.225 e. The van der Waals surface area contributed by atoms with E-state index in [1.54, 1.807) is 19.1 Å². The number of para-hydroxylation sites is 1. The number of fused-ring (bicyclic) bond motifs is 1. The fourth-order valence-corrected chi connectivity index (χ4v) is 3.96. The number of hydrogen-bond acceptors (Lipinski definition) is 4. The van der Waals surface area contributed by atoms with Crippen LogP contribution in [0, 0.1) is 0 Å². The van der Waals surface area contributed by atoms with Crippen molar-refractivity contribution in [2.45, 2.75) is 13.3 Å². The van der Waals surface area contributed by atoms with Gasteiger partial charge in [0.25, 0.3) is 0 Å². The molecule has 25 heavy (non-hydrogen) atoms. The first-order valence-electron chi connectivity index (χ1n) is 7.43. The van der Waals surface area contributed by atoms with Gasteiger partial charge in [0.1, 0.15) is 5.01 Å². The Balaban J connectivity index is 2.03. The van der Waals surface area contributed by atoms with E-state index >= 15 is 0 Å². The maximum absolute atomic E-state index is 11.5. The minimum Gasteiger partial charge on any atom is -0.331 e. The third-order valence-electron chi connectivity index (χ3n) is 3.39. The average molecular weight is 410 g/mol. The van der Waals surface area contributed by atoms with Gasteiger partial charge in [0.15, 0.2) is 5.11 Å². The summed E-state index contributed by atoms with van der Waals surface area (Å²) >= 11 is 19.3. The zero-order valence-electron chi connectivity index (χ0n) is 13.1. The van der Waals surface area contributed by atoms with E-state index < -0.39 is 0 Å². The molecule has 0 saturated heterocycles. The normalized spacial score (nSPS) is 10.7. The van der Waals surface area contributed by atoms with E-state index in [4.69, 9.17) is 35.4 Å². The lowest BCUT2D eigenvalue weighted by Gasteiger charge is -2.14. The van der Waals surface area contributed by atoms with Crippen molar-refractivity contribution < 1.29 is 4.79 Å². The monoisotopic (exact) mass is 409 g/mol. The molecule has 0 spiro atoms. The largest absolute Gasteiger partial charge is 0.331 e. The minimum atomic E-state index is -0.177. The van der Waals surface area contributed by atoms with Crippen molar-refractivity contribution in [2.75, 3.05) is 5.32 Å². The van der Waals surface area contributed by atoms with E-state index in [0.29, 0.717) is 22.2 Å². The molecule has 0 unspecified atom stereocenters. The highest BCUT2D eigenvalue weighted by molar-refractivity contribution is 7.80. The van der Waals surface area contributed by atoms with Gasteiger partial charge in [0.05, 0.1) is 20.9 Å². The molecule has 0 atom stereocenters. The Morgan fingerprint density at radius 1 is 1.28 bits per heavy atom. The molecule has 0 saturated carbocycles. The highest BCUT2D eigenvalue weighted by atomic mass is 35.5. The first-order valence-corrected chi connectivity index (χ1v) is 9.42. The second-order valence-corrected chi connectivity index (χ2v) is 7.44. The van der Waals surface area contributed by atoms with Gasteiger partial charge in [0, 0.05) is 17.0 Å². The van der Waals surface area contributed by atoms with Crippen molar-refractivity contribution in [3.63, 3.8) is 0 Å². The van der Waals surface area contributed by atoms with Gasteiger partial charge in [-0.05, 0) is 36.5 Å². The van der Waals surface area contributed by atoms with E-state index in [1.807, 2.05) is 24.3 Å². The molecule has 0 radical (unpaired) electrons. The van der Waals surface area contributed by atoms with Crippen LogP contribution in [0.5, 0.6) is 0 Å². The number of thiocarbonyl (C=S) groups is 1. The summed E-state index contributed by atoms with van der Waals surface area (Å²) in [7, 11) is 0. The second-order valence-electron chi connectivity index (χ2n) is 5.15. The Bertz CT molecular complexity index is 939. The van der Waals surface area contributed by atoms with Crippen LogP contribution in [0.3, 0.4) is 0 Å². The van der Waals surface area contributed by atoms with Gasteiger partial charge >= 0.3 is 0 Å². The van der Waals surface area contributed by atoms with Gasteiger partial charge in [-0.1, -0.05) is 42.3 Å². The van der Waals surface area contributed by atoms with Gasteiger partial charge in [-0.3, -0.25) is 4.79 Å². The van der Waals surface area contributed by atoms with Crippen LogP contribution in [-0.2, 0) is 4.79 Å². The van der Waals surface area contributed by atoms with Gasteiger partial charge < -0.3 is 10.6 Å². The van der Waals surface area contributed by atoms with Crippen molar-refractivity contribution in [2.24, 2.45) is 0 Å². The third-order valence-corrected chi connectivity index (χ3v) is 5.18. The summed E-state index contributed by atoms with van der Waals surface area (Å²) in [5.41, 5.74) is 2.18. The molecule has 2 aromatic carbocycles. The number of carbonyl (C=O) groups excluding carboxylic acids is 1. The van der Waals surface area contributed by atoms with E-state index in [2.05, 4.69) is 15.6 Å². The summed E-state index contributed by atoms with van der Waals surface area (Å²) in [6, 6.07) is 11.2. The molecule has 1 heterocycles. The summed E-state index contributed by atoms with van der Waals surface area (Å²) in [5, 5.41) is 7.42. The Labute approximate surface area is 164 Å². The molecule has 8 heteroatoms. The van der Waals surface area contributed by atoms with Crippen LogP contribution in [0.25, 0.3) is 20.8 Å². The predicted molar refractivity (Wildman–Crippen MR) is 110 cm³/mol. The molecule has 1 amide bonds. The number of rotatable bonds is 3. The molecular weight excluding hydrogens is 397 g/mol. The van der Waals surface area contributed by atoms with Crippen LogP contribution in [0.2, 0.25) is 10.0 Å². The number of hydrogen-bond donors (Lipinski definition) is 2. The van der Waals surface area contributed by atoms with Crippen molar-refractivity contribution in [1.29, 1.82) is 0 Å². The molecule has 128 valence electrons. The highest BCUT2D eigenvalue weighted by Gasteiger charge is 2.16. The highest BCUT2D eigenvalue weighted by Crippen LogP contribution is 2.40. The van der Waals surface area contributed by atoms with Crippen molar-refractivity contribution >= 4 is 73.7 Å². The molecule has 2 N–H and O–H groups in total. The predicted octanol–water partition coefficient (Wildman–Crippen LogP) is 5.49. The van der Waals surface area contributed by atoms with Crippen LogP contribution >= 0.6 is 46.8 Å². The van der Waals surface area contributed by atoms with Crippen LogP contribution in [0.15, 0.2) is 36.4 Å². The molecule has 3 aromatic rings. The first kappa shape index (κ1) is 18.1. The van der Waals surface area contributed by atoms with Crippen molar-refractivity contribution in [3.05, 3.63) is 46.4 Å². The van der Waals surface area contributed by atoms with Crippen LogP contribution < -0.4 is 10.6 Å². The first-order chi connectivity index (χ1) is 12.0. The fraction of sp³-hybridized carbons (Fsp3) is 0.118. The lowest BCUT2D eigenvalue weighted by atomic mass is 10.2. The summed E-state index contributed by atoms with van der Waals surface area (Å²) in [4.78, 5) is 16.2. The molecule has 3 rings (SSSR count). The molecule has 0 fully saturated rings. The minimum absolute atomic E-state index is 0.177. The fourth-order valence-electron chi connectivity index (χ4n) is 2.22. The van der Waals surface area contributed by atoms with Crippen molar-refractivity contribution in [3.8, 4) is 10.6 Å². The van der Waals surface area contributed by atoms with Gasteiger partial charge in [0.2, 0.25) is 5.91 Å². The summed E-state index contributed by atoms with van der Waals surface area (Å²) < 4.78 is 1.06. The van der Waals surface area contributed by atoms with Gasteiger partial charge in [-0.2, -0.15) is 0 Å². The summed E-state index contributed by atoms with van der Waals surface area (Å²) in [5.74, 6) is -0.177. The van der Waals surface area contributed by atoms with Gasteiger partial charge in [-0.15, -0.1) is 11.3 Å². The zero-order chi connectivity index (χ0) is 18.0. The van der Waals surface area contributed by atoms with Crippen LogP contribution in [0.1, 0.15) is 13.3 Å². The number of amides is 1. The third kappa shape index (κ3) is 4.10. The quantitative estimate of drug-likeness (QED) is 0.561.